The second kappa shape index (κ2) is 6.17. The lowest BCUT2D eigenvalue weighted by molar-refractivity contribution is 0.0531. The summed E-state index contributed by atoms with van der Waals surface area (Å²) < 4.78 is 6.27. The van der Waals surface area contributed by atoms with Crippen LogP contribution in [0.1, 0.15) is 15.9 Å². The van der Waals surface area contributed by atoms with Crippen molar-refractivity contribution in [1.82, 2.24) is 0 Å². The van der Waals surface area contributed by atoms with Crippen LogP contribution in [0.3, 0.4) is 0 Å². The van der Waals surface area contributed by atoms with Gasteiger partial charge in [-0.2, -0.15) is 0 Å². The molecule has 16 heavy (non-hydrogen) atoms. The summed E-state index contributed by atoms with van der Waals surface area (Å²) in [5.41, 5.74) is 1.29. The minimum atomic E-state index is -0.932. The first kappa shape index (κ1) is 13.4. The Bertz CT molecular complexity index is 378. The first-order valence-electron chi connectivity index (χ1n) is 4.75. The Hall–Kier alpha value is -0.660. The largest absolute Gasteiger partial charge is 0.490 e. The smallest absolute Gasteiger partial charge is 0.153 e. The summed E-state index contributed by atoms with van der Waals surface area (Å²) in [6.07, 6.45) is -0.214. The fourth-order valence-electron chi connectivity index (χ4n) is 1.27. The summed E-state index contributed by atoms with van der Waals surface area (Å²) in [6, 6.07) is 3.59. The van der Waals surface area contributed by atoms with E-state index in [2.05, 4.69) is 22.6 Å². The highest BCUT2D eigenvalue weighted by Gasteiger charge is 2.10. The van der Waals surface area contributed by atoms with Crippen LogP contribution in [0.5, 0.6) is 5.75 Å². The van der Waals surface area contributed by atoms with Crippen LogP contribution >= 0.6 is 22.6 Å². The van der Waals surface area contributed by atoms with Gasteiger partial charge in [0.15, 0.2) is 6.29 Å². The molecule has 0 amide bonds. The van der Waals surface area contributed by atoms with Gasteiger partial charge < -0.3 is 14.9 Å². The van der Waals surface area contributed by atoms with Gasteiger partial charge in [-0.15, -0.1) is 0 Å². The maximum absolute atomic E-state index is 10.9. The quantitative estimate of drug-likeness (QED) is 0.625. The van der Waals surface area contributed by atoms with Gasteiger partial charge in [0.1, 0.15) is 18.5 Å². The predicted molar refractivity (Wildman–Crippen MR) is 67.9 cm³/mol. The highest BCUT2D eigenvalue weighted by molar-refractivity contribution is 14.1. The average molecular weight is 336 g/mol. The Morgan fingerprint density at radius 1 is 1.56 bits per heavy atom. The molecule has 1 aromatic carbocycles. The van der Waals surface area contributed by atoms with Crippen molar-refractivity contribution in [1.29, 1.82) is 0 Å². The number of rotatable bonds is 5. The van der Waals surface area contributed by atoms with Crippen molar-refractivity contribution in [3.8, 4) is 5.75 Å². The molecule has 0 saturated carbocycles. The van der Waals surface area contributed by atoms with E-state index < -0.39 is 6.10 Å². The summed E-state index contributed by atoms with van der Waals surface area (Å²) >= 11 is 2.12. The van der Waals surface area contributed by atoms with Gasteiger partial charge in [0.05, 0.1) is 12.2 Å². The number of carbonyl (C=O) groups excluding carboxylic acids is 1. The lowest BCUT2D eigenvalue weighted by atomic mass is 10.1. The van der Waals surface area contributed by atoms with Gasteiger partial charge in [-0.25, -0.2) is 0 Å². The third kappa shape index (κ3) is 3.43. The second-order valence-electron chi connectivity index (χ2n) is 3.41. The van der Waals surface area contributed by atoms with Gasteiger partial charge in [-0.3, -0.25) is 4.79 Å². The monoisotopic (exact) mass is 336 g/mol. The molecule has 0 heterocycles. The van der Waals surface area contributed by atoms with Gasteiger partial charge in [0.2, 0.25) is 0 Å². The zero-order valence-corrected chi connectivity index (χ0v) is 11.0. The summed E-state index contributed by atoms with van der Waals surface area (Å²) in [4.78, 5) is 10.9. The Morgan fingerprint density at radius 2 is 2.25 bits per heavy atom. The van der Waals surface area contributed by atoms with Crippen LogP contribution in [-0.2, 0) is 0 Å². The Labute approximate surface area is 107 Å². The number of hydrogen-bond acceptors (Lipinski definition) is 4. The Kier molecular flexibility index (Phi) is 5.17. The maximum Gasteiger partial charge on any atom is 0.153 e. The highest BCUT2D eigenvalue weighted by Crippen LogP contribution is 2.25. The minimum Gasteiger partial charge on any atom is -0.490 e. The van der Waals surface area contributed by atoms with Crippen molar-refractivity contribution in [2.24, 2.45) is 0 Å². The van der Waals surface area contributed by atoms with E-state index in [1.165, 1.54) is 0 Å². The molecule has 0 radical (unpaired) electrons. The van der Waals surface area contributed by atoms with Crippen molar-refractivity contribution < 1.29 is 19.7 Å². The van der Waals surface area contributed by atoms with E-state index in [4.69, 9.17) is 14.9 Å². The summed E-state index contributed by atoms with van der Waals surface area (Å²) in [5.74, 6) is 0.461. The van der Waals surface area contributed by atoms with Crippen LogP contribution in [-0.4, -0.2) is 35.8 Å². The molecule has 5 heteroatoms. The van der Waals surface area contributed by atoms with Crippen LogP contribution in [0, 0.1) is 10.5 Å². The highest BCUT2D eigenvalue weighted by atomic mass is 127. The number of hydrogen-bond donors (Lipinski definition) is 2. The normalized spacial score (nSPS) is 12.2. The molecule has 88 valence electrons. The van der Waals surface area contributed by atoms with Gasteiger partial charge in [0.25, 0.3) is 0 Å². The number of benzene rings is 1. The molecule has 0 aliphatic rings. The topological polar surface area (TPSA) is 66.8 Å². The summed E-state index contributed by atoms with van der Waals surface area (Å²) in [7, 11) is 0. The van der Waals surface area contributed by atoms with Gasteiger partial charge in [-0.1, -0.05) is 0 Å². The molecular weight excluding hydrogens is 323 g/mol. The molecule has 0 saturated heterocycles. The maximum atomic E-state index is 10.9. The number of aryl methyl sites for hydroxylation is 1. The van der Waals surface area contributed by atoms with Crippen LogP contribution in [0.2, 0.25) is 0 Å². The predicted octanol–water partition coefficient (Wildman–Crippen LogP) is 1.14. The molecule has 1 rings (SSSR count). The molecule has 0 aromatic heterocycles. The van der Waals surface area contributed by atoms with E-state index in [1.54, 1.807) is 6.07 Å². The number of ether oxygens (including phenoxy) is 1. The molecule has 1 aromatic rings. The van der Waals surface area contributed by atoms with Gasteiger partial charge >= 0.3 is 0 Å². The van der Waals surface area contributed by atoms with Crippen molar-refractivity contribution in [2.45, 2.75) is 13.0 Å². The fraction of sp³-hybridized carbons (Fsp3) is 0.364. The molecular formula is C11H13IO4. The van der Waals surface area contributed by atoms with Crippen LogP contribution in [0.4, 0.5) is 0 Å². The number of aliphatic hydroxyl groups excluding tert-OH is 2. The summed E-state index contributed by atoms with van der Waals surface area (Å²) in [6.45, 7) is 1.44. The number of carbonyl (C=O) groups is 1. The second-order valence-corrected chi connectivity index (χ2v) is 4.65. The molecule has 0 aliphatic heterocycles. The molecule has 0 bridgehead atoms. The average Bonchev–Trinajstić information content (AvgIpc) is 2.26. The van der Waals surface area contributed by atoms with Crippen molar-refractivity contribution in [2.75, 3.05) is 13.2 Å². The third-order valence-electron chi connectivity index (χ3n) is 2.03. The zero-order valence-electron chi connectivity index (χ0n) is 8.81. The number of aldehydes is 1. The first-order chi connectivity index (χ1) is 7.58. The van der Waals surface area contributed by atoms with E-state index in [0.29, 0.717) is 11.3 Å². The fourth-order valence-corrected chi connectivity index (χ4v) is 2.08. The lowest BCUT2D eigenvalue weighted by Gasteiger charge is -2.14. The van der Waals surface area contributed by atoms with E-state index in [0.717, 1.165) is 15.4 Å². The SMILES string of the molecule is Cc1cc(I)cc(C=O)c1OCC(O)CO. The van der Waals surface area contributed by atoms with Crippen molar-refractivity contribution >= 4 is 28.9 Å². The summed E-state index contributed by atoms with van der Waals surface area (Å²) in [5, 5.41) is 17.8. The van der Waals surface area contributed by atoms with E-state index in [-0.39, 0.29) is 13.2 Å². The minimum absolute atomic E-state index is 0.0290. The third-order valence-corrected chi connectivity index (χ3v) is 2.65. The van der Waals surface area contributed by atoms with Crippen molar-refractivity contribution in [3.05, 3.63) is 26.8 Å². The van der Waals surface area contributed by atoms with Crippen LogP contribution < -0.4 is 4.74 Å². The molecule has 0 spiro atoms. The Balaban J connectivity index is 2.89. The molecule has 2 N–H and O–H groups in total. The molecule has 0 fully saturated rings. The van der Waals surface area contributed by atoms with E-state index in [9.17, 15) is 4.79 Å². The van der Waals surface area contributed by atoms with E-state index in [1.807, 2.05) is 13.0 Å². The van der Waals surface area contributed by atoms with Crippen LogP contribution in [0.15, 0.2) is 12.1 Å². The number of halogens is 1. The molecule has 1 unspecified atom stereocenters. The van der Waals surface area contributed by atoms with E-state index >= 15 is 0 Å². The van der Waals surface area contributed by atoms with Gasteiger partial charge in [-0.05, 0) is 47.2 Å². The molecule has 1 atom stereocenters. The lowest BCUT2D eigenvalue weighted by Crippen LogP contribution is -2.22. The standard InChI is InChI=1S/C11H13IO4/c1-7-2-9(12)3-8(4-13)11(7)16-6-10(15)5-14/h2-4,10,14-15H,5-6H2,1H3. The molecule has 0 aliphatic carbocycles. The number of aliphatic hydroxyl groups is 2. The van der Waals surface area contributed by atoms with Gasteiger partial charge in [0, 0.05) is 3.57 Å². The first-order valence-corrected chi connectivity index (χ1v) is 5.83. The van der Waals surface area contributed by atoms with Crippen molar-refractivity contribution in [3.63, 3.8) is 0 Å². The van der Waals surface area contributed by atoms with Crippen LogP contribution in [0.25, 0.3) is 0 Å². The zero-order chi connectivity index (χ0) is 12.1. The molecule has 4 nitrogen and oxygen atoms in total. The Morgan fingerprint density at radius 3 is 2.81 bits per heavy atom.